The van der Waals surface area contributed by atoms with Crippen LogP contribution in [0.3, 0.4) is 0 Å². The van der Waals surface area contributed by atoms with E-state index in [1.807, 2.05) is 18.3 Å². The third kappa shape index (κ3) is 8.06. The van der Waals surface area contributed by atoms with Crippen LogP contribution >= 0.6 is 11.6 Å². The summed E-state index contributed by atoms with van der Waals surface area (Å²) in [4.78, 5) is 12.2. The van der Waals surface area contributed by atoms with Gasteiger partial charge in [0, 0.05) is 48.5 Å². The molecule has 3 aromatic rings. The number of benzene rings is 2. The van der Waals surface area contributed by atoms with Gasteiger partial charge in [-0.15, -0.1) is 0 Å². The van der Waals surface area contributed by atoms with Gasteiger partial charge in [0.25, 0.3) is 0 Å². The maximum atomic E-state index is 6.22. The van der Waals surface area contributed by atoms with Gasteiger partial charge in [-0.1, -0.05) is 30.7 Å². The largest absolute Gasteiger partial charge is 0.497 e. The van der Waals surface area contributed by atoms with Crippen LogP contribution in [0.15, 0.2) is 54.7 Å². The lowest BCUT2D eigenvalue weighted by Gasteiger charge is -2.30. The zero-order valence-electron chi connectivity index (χ0n) is 23.1. The minimum atomic E-state index is 0.693. The number of likely N-dealkylation sites (tertiary alicyclic amines) is 1. The molecule has 2 aromatic carbocycles. The van der Waals surface area contributed by atoms with Crippen LogP contribution in [0, 0.1) is 5.92 Å². The maximum absolute atomic E-state index is 6.22. The molecule has 0 radical (unpaired) electrons. The monoisotopic (exact) mass is 537 g/mol. The zero-order chi connectivity index (χ0) is 26.7. The van der Waals surface area contributed by atoms with E-state index in [0.29, 0.717) is 6.54 Å². The van der Waals surface area contributed by atoms with E-state index in [-0.39, 0.29) is 0 Å². The molecule has 1 aliphatic heterocycles. The van der Waals surface area contributed by atoms with Crippen molar-refractivity contribution in [2.45, 2.75) is 32.6 Å². The molecule has 1 unspecified atom stereocenters. The van der Waals surface area contributed by atoms with Crippen LogP contribution in [-0.4, -0.2) is 80.8 Å². The van der Waals surface area contributed by atoms with E-state index < -0.39 is 0 Å². The molecule has 2 heterocycles. The van der Waals surface area contributed by atoms with E-state index in [9.17, 15) is 0 Å². The van der Waals surface area contributed by atoms with E-state index in [0.717, 1.165) is 73.2 Å². The third-order valence-corrected chi connectivity index (χ3v) is 8.03. The first-order valence-electron chi connectivity index (χ1n) is 14.2. The SMILES string of the molecule is CCN(CCCN1CCC(Cc2ccc(OC)cc2)C1)CCN(CCCN)c1ccnc2cc(Cl)ccc12. The number of anilines is 1. The number of ether oxygens (including phenoxy) is 1. The average Bonchev–Trinajstić information content (AvgIpc) is 3.39. The van der Waals surface area contributed by atoms with Crippen molar-refractivity contribution in [3.63, 3.8) is 0 Å². The highest BCUT2D eigenvalue weighted by atomic mass is 35.5. The second kappa shape index (κ2) is 14.7. The Hall–Kier alpha value is -2.38. The first kappa shape index (κ1) is 28.6. The summed E-state index contributed by atoms with van der Waals surface area (Å²) >= 11 is 6.22. The fraction of sp³-hybridized carbons (Fsp3) is 0.516. The highest BCUT2D eigenvalue weighted by Crippen LogP contribution is 2.28. The summed E-state index contributed by atoms with van der Waals surface area (Å²) in [5, 5.41) is 1.87. The first-order chi connectivity index (χ1) is 18.6. The predicted octanol–water partition coefficient (Wildman–Crippen LogP) is 5.33. The second-order valence-electron chi connectivity index (χ2n) is 10.4. The Morgan fingerprint density at radius 2 is 1.89 bits per heavy atom. The molecule has 1 saturated heterocycles. The van der Waals surface area contributed by atoms with Gasteiger partial charge < -0.3 is 25.2 Å². The quantitative estimate of drug-likeness (QED) is 0.283. The van der Waals surface area contributed by atoms with Crippen LogP contribution < -0.4 is 15.4 Å². The molecule has 0 aliphatic carbocycles. The van der Waals surface area contributed by atoms with Crippen molar-refractivity contribution in [3.05, 3.63) is 65.3 Å². The highest BCUT2D eigenvalue weighted by Gasteiger charge is 2.22. The fourth-order valence-corrected chi connectivity index (χ4v) is 5.77. The lowest BCUT2D eigenvalue weighted by molar-refractivity contribution is 0.254. The van der Waals surface area contributed by atoms with Gasteiger partial charge in [0.1, 0.15) is 5.75 Å². The summed E-state index contributed by atoms with van der Waals surface area (Å²) in [5.74, 6) is 1.69. The summed E-state index contributed by atoms with van der Waals surface area (Å²) in [7, 11) is 1.72. The van der Waals surface area contributed by atoms with Crippen molar-refractivity contribution in [2.75, 3.05) is 70.9 Å². The Kier molecular flexibility index (Phi) is 11.1. The molecule has 0 spiro atoms. The summed E-state index contributed by atoms with van der Waals surface area (Å²) < 4.78 is 5.29. The van der Waals surface area contributed by atoms with E-state index >= 15 is 0 Å². The van der Waals surface area contributed by atoms with E-state index in [1.54, 1.807) is 7.11 Å². The van der Waals surface area contributed by atoms with Crippen LogP contribution in [-0.2, 0) is 6.42 Å². The van der Waals surface area contributed by atoms with Crippen molar-refractivity contribution in [1.29, 1.82) is 0 Å². The number of likely N-dealkylation sites (N-methyl/N-ethyl adjacent to an activating group) is 1. The number of rotatable bonds is 15. The molecule has 7 heteroatoms. The summed E-state index contributed by atoms with van der Waals surface area (Å²) in [6.45, 7) is 11.7. The van der Waals surface area contributed by atoms with Gasteiger partial charge in [0.05, 0.1) is 12.6 Å². The number of hydrogen-bond donors (Lipinski definition) is 1. The van der Waals surface area contributed by atoms with Crippen LogP contribution in [0.1, 0.15) is 31.7 Å². The van der Waals surface area contributed by atoms with Gasteiger partial charge in [-0.3, -0.25) is 4.98 Å². The maximum Gasteiger partial charge on any atom is 0.118 e. The van der Waals surface area contributed by atoms with Crippen LogP contribution in [0.4, 0.5) is 5.69 Å². The number of nitrogens with zero attached hydrogens (tertiary/aromatic N) is 4. The van der Waals surface area contributed by atoms with Gasteiger partial charge in [-0.2, -0.15) is 0 Å². The zero-order valence-corrected chi connectivity index (χ0v) is 23.9. The molecule has 38 heavy (non-hydrogen) atoms. The van der Waals surface area contributed by atoms with Gasteiger partial charge in [0.15, 0.2) is 0 Å². The Morgan fingerprint density at radius 1 is 1.05 bits per heavy atom. The lowest BCUT2D eigenvalue weighted by atomic mass is 9.99. The number of aromatic nitrogens is 1. The van der Waals surface area contributed by atoms with Crippen LogP contribution in [0.5, 0.6) is 5.75 Å². The van der Waals surface area contributed by atoms with Crippen LogP contribution in [0.25, 0.3) is 10.9 Å². The molecule has 0 amide bonds. The Labute approximate surface area is 233 Å². The molecular weight excluding hydrogens is 494 g/mol. The summed E-state index contributed by atoms with van der Waals surface area (Å²) in [5.41, 5.74) is 9.46. The molecule has 1 fully saturated rings. The Morgan fingerprint density at radius 3 is 2.66 bits per heavy atom. The Balaban J connectivity index is 1.25. The van der Waals surface area contributed by atoms with Gasteiger partial charge in [-0.25, -0.2) is 0 Å². The number of methoxy groups -OCH3 is 1. The third-order valence-electron chi connectivity index (χ3n) is 7.79. The molecule has 4 rings (SSSR count). The number of hydrogen-bond acceptors (Lipinski definition) is 6. The number of fused-ring (bicyclic) bond motifs is 1. The van der Waals surface area contributed by atoms with Crippen molar-refractivity contribution in [3.8, 4) is 5.75 Å². The standard InChI is InChI=1S/C31H44ClN5O/c1-3-35(16-5-17-36-19-13-26(24-36)22-25-6-9-28(38-2)10-7-25)20-21-37(18-4-14-33)31-12-15-34-30-23-27(32)8-11-29(30)31/h6-12,15,23,26H,3-5,13-14,16-22,24,33H2,1-2H3. The van der Waals surface area contributed by atoms with E-state index in [2.05, 4.69) is 63.0 Å². The molecule has 0 bridgehead atoms. The number of nitrogens with two attached hydrogens (primary N) is 1. The van der Waals surface area contributed by atoms with Crippen molar-refractivity contribution in [1.82, 2.24) is 14.8 Å². The van der Waals surface area contributed by atoms with Crippen molar-refractivity contribution in [2.24, 2.45) is 11.7 Å². The van der Waals surface area contributed by atoms with Gasteiger partial charge in [0.2, 0.25) is 0 Å². The van der Waals surface area contributed by atoms with Crippen LogP contribution in [0.2, 0.25) is 5.02 Å². The average molecular weight is 538 g/mol. The molecule has 6 nitrogen and oxygen atoms in total. The highest BCUT2D eigenvalue weighted by molar-refractivity contribution is 6.31. The normalized spacial score (nSPS) is 16.0. The number of halogens is 1. The molecule has 206 valence electrons. The first-order valence-corrected chi connectivity index (χ1v) is 14.5. The fourth-order valence-electron chi connectivity index (χ4n) is 5.60. The second-order valence-corrected chi connectivity index (χ2v) is 10.9. The lowest BCUT2D eigenvalue weighted by Crippen LogP contribution is -2.37. The van der Waals surface area contributed by atoms with Crippen molar-refractivity contribution >= 4 is 28.2 Å². The minimum Gasteiger partial charge on any atom is -0.497 e. The van der Waals surface area contributed by atoms with Gasteiger partial charge >= 0.3 is 0 Å². The number of pyridine rings is 1. The Bertz CT molecular complexity index is 1120. The van der Waals surface area contributed by atoms with E-state index in [4.69, 9.17) is 22.1 Å². The summed E-state index contributed by atoms with van der Waals surface area (Å²) in [6.07, 6.45) is 6.53. The molecular formula is C31H44ClN5O. The molecule has 1 aromatic heterocycles. The van der Waals surface area contributed by atoms with Gasteiger partial charge in [-0.05, 0) is 106 Å². The molecule has 1 atom stereocenters. The van der Waals surface area contributed by atoms with Crippen molar-refractivity contribution < 1.29 is 4.74 Å². The minimum absolute atomic E-state index is 0.693. The summed E-state index contributed by atoms with van der Waals surface area (Å²) in [6, 6.07) is 16.7. The molecule has 1 aliphatic rings. The predicted molar refractivity (Wildman–Crippen MR) is 161 cm³/mol. The molecule has 0 saturated carbocycles. The smallest absolute Gasteiger partial charge is 0.118 e. The van der Waals surface area contributed by atoms with E-state index in [1.165, 1.54) is 43.7 Å². The molecule has 2 N–H and O–H groups in total. The topological polar surface area (TPSA) is 57.9 Å².